The van der Waals surface area contributed by atoms with Gasteiger partial charge in [-0.2, -0.15) is 0 Å². The second-order valence-corrected chi connectivity index (χ2v) is 4.69. The molecule has 3 heteroatoms. The van der Waals surface area contributed by atoms with Crippen LogP contribution in [-0.2, 0) is 4.74 Å². The molecule has 96 valence electrons. The van der Waals surface area contributed by atoms with Crippen molar-refractivity contribution in [1.29, 1.82) is 0 Å². The Morgan fingerprint density at radius 3 is 2.82 bits per heavy atom. The summed E-state index contributed by atoms with van der Waals surface area (Å²) in [5.74, 6) is 0.673. The Hall–Kier alpha value is -1.09. The molecule has 0 aliphatic heterocycles. The fourth-order valence-electron chi connectivity index (χ4n) is 2.31. The molecular weight excluding hydrogens is 212 g/mol. The lowest BCUT2D eigenvalue weighted by Crippen LogP contribution is -2.20. The van der Waals surface area contributed by atoms with E-state index >= 15 is 0 Å². The minimum absolute atomic E-state index is 0.250. The van der Waals surface area contributed by atoms with Crippen LogP contribution in [0.1, 0.15) is 26.7 Å². The van der Waals surface area contributed by atoms with Gasteiger partial charge >= 0.3 is 0 Å². The summed E-state index contributed by atoms with van der Waals surface area (Å²) in [5.41, 5.74) is 3.73. The van der Waals surface area contributed by atoms with Gasteiger partial charge in [0.05, 0.1) is 11.8 Å². The summed E-state index contributed by atoms with van der Waals surface area (Å²) >= 11 is 0. The van der Waals surface area contributed by atoms with Crippen LogP contribution in [0.15, 0.2) is 27.9 Å². The van der Waals surface area contributed by atoms with Gasteiger partial charge in [0.25, 0.3) is 0 Å². The number of methoxy groups -OCH3 is 1. The van der Waals surface area contributed by atoms with Crippen molar-refractivity contribution in [2.45, 2.75) is 32.8 Å². The zero-order valence-corrected chi connectivity index (χ0v) is 11.6. The van der Waals surface area contributed by atoms with Crippen LogP contribution in [0, 0.1) is 5.92 Å². The Morgan fingerprint density at radius 2 is 2.29 bits per heavy atom. The SMILES string of the molecule is CN=C/C(NC)=C(\C)C1=CC(OC)CC(C)C1. The fraction of sp³-hybridized carbons (Fsp3) is 0.643. The second-order valence-electron chi connectivity index (χ2n) is 4.69. The fourth-order valence-corrected chi connectivity index (χ4v) is 2.31. The highest BCUT2D eigenvalue weighted by Gasteiger charge is 2.20. The first-order chi connectivity index (χ1) is 8.12. The summed E-state index contributed by atoms with van der Waals surface area (Å²) in [6.07, 6.45) is 6.60. The van der Waals surface area contributed by atoms with E-state index in [2.05, 4.69) is 30.2 Å². The van der Waals surface area contributed by atoms with Crippen molar-refractivity contribution in [3.05, 3.63) is 22.9 Å². The molecule has 0 aromatic heterocycles. The van der Waals surface area contributed by atoms with Crippen molar-refractivity contribution in [2.24, 2.45) is 10.9 Å². The number of hydrogen-bond donors (Lipinski definition) is 1. The van der Waals surface area contributed by atoms with Crippen LogP contribution >= 0.6 is 0 Å². The standard InChI is InChI=1S/C14H24N2O/c1-10-6-12(8-13(7-10)17-5)11(2)14(16-4)9-15-3/h8-10,13,16H,6-7H2,1-5H3/b14-11-,15-9?. The molecule has 2 unspecified atom stereocenters. The summed E-state index contributed by atoms with van der Waals surface area (Å²) in [6, 6.07) is 0. The van der Waals surface area contributed by atoms with E-state index < -0.39 is 0 Å². The average molecular weight is 236 g/mol. The van der Waals surface area contributed by atoms with Crippen molar-refractivity contribution >= 4 is 6.21 Å². The second kappa shape index (κ2) is 6.60. The molecule has 0 spiro atoms. The zero-order chi connectivity index (χ0) is 12.8. The molecule has 0 fully saturated rings. The minimum Gasteiger partial charge on any atom is -0.387 e. The monoisotopic (exact) mass is 236 g/mol. The predicted octanol–water partition coefficient (Wildman–Crippen LogP) is 2.55. The largest absolute Gasteiger partial charge is 0.387 e. The normalized spacial score (nSPS) is 26.8. The van der Waals surface area contributed by atoms with Crippen molar-refractivity contribution in [2.75, 3.05) is 21.2 Å². The molecule has 0 aromatic rings. The van der Waals surface area contributed by atoms with Gasteiger partial charge in [0, 0.05) is 27.4 Å². The molecule has 1 aliphatic carbocycles. The van der Waals surface area contributed by atoms with Crippen molar-refractivity contribution < 1.29 is 4.74 Å². The summed E-state index contributed by atoms with van der Waals surface area (Å²) in [6.45, 7) is 4.42. The number of nitrogens with zero attached hydrogens (tertiary/aromatic N) is 1. The van der Waals surface area contributed by atoms with Crippen molar-refractivity contribution in [3.8, 4) is 0 Å². The maximum atomic E-state index is 5.46. The molecule has 0 heterocycles. The molecule has 0 aromatic carbocycles. The molecule has 2 atom stereocenters. The summed E-state index contributed by atoms with van der Waals surface area (Å²) in [4.78, 5) is 4.08. The maximum Gasteiger partial charge on any atom is 0.0760 e. The Kier molecular flexibility index (Phi) is 5.42. The quantitative estimate of drug-likeness (QED) is 0.761. The van der Waals surface area contributed by atoms with Gasteiger partial charge in [0.2, 0.25) is 0 Å². The number of nitrogens with one attached hydrogen (secondary N) is 1. The van der Waals surface area contributed by atoms with Crippen LogP contribution in [0.2, 0.25) is 0 Å². The first-order valence-corrected chi connectivity index (χ1v) is 6.17. The maximum absolute atomic E-state index is 5.46. The average Bonchev–Trinajstić information content (AvgIpc) is 2.34. The highest BCUT2D eigenvalue weighted by Crippen LogP contribution is 2.30. The Labute approximate surface area is 105 Å². The van der Waals surface area contributed by atoms with Crippen LogP contribution in [0.3, 0.4) is 0 Å². The van der Waals surface area contributed by atoms with E-state index in [1.807, 2.05) is 13.3 Å². The molecule has 1 aliphatic rings. The van der Waals surface area contributed by atoms with Gasteiger partial charge in [0.1, 0.15) is 0 Å². The third-order valence-corrected chi connectivity index (χ3v) is 3.31. The van der Waals surface area contributed by atoms with Crippen LogP contribution in [0.25, 0.3) is 0 Å². The van der Waals surface area contributed by atoms with E-state index in [0.717, 1.165) is 18.5 Å². The van der Waals surface area contributed by atoms with Crippen molar-refractivity contribution in [3.63, 3.8) is 0 Å². The van der Waals surface area contributed by atoms with Crippen LogP contribution in [0.4, 0.5) is 0 Å². The third-order valence-electron chi connectivity index (χ3n) is 3.31. The molecule has 0 amide bonds. The molecule has 0 saturated carbocycles. The number of rotatable bonds is 4. The lowest BCUT2D eigenvalue weighted by molar-refractivity contribution is 0.113. The highest BCUT2D eigenvalue weighted by atomic mass is 16.5. The Morgan fingerprint density at radius 1 is 1.59 bits per heavy atom. The minimum atomic E-state index is 0.250. The van der Waals surface area contributed by atoms with E-state index in [-0.39, 0.29) is 6.10 Å². The smallest absolute Gasteiger partial charge is 0.0760 e. The van der Waals surface area contributed by atoms with Gasteiger partial charge in [-0.3, -0.25) is 4.99 Å². The molecule has 0 radical (unpaired) electrons. The van der Waals surface area contributed by atoms with Gasteiger partial charge in [0.15, 0.2) is 0 Å². The van der Waals surface area contributed by atoms with E-state index in [1.165, 1.54) is 11.1 Å². The summed E-state index contributed by atoms with van der Waals surface area (Å²) in [5, 5.41) is 3.20. The van der Waals surface area contributed by atoms with Gasteiger partial charge in [-0.25, -0.2) is 0 Å². The lowest BCUT2D eigenvalue weighted by atomic mass is 9.85. The molecular formula is C14H24N2O. The zero-order valence-electron chi connectivity index (χ0n) is 11.6. The lowest BCUT2D eigenvalue weighted by Gasteiger charge is -2.26. The number of aliphatic imine (C=N–C) groups is 1. The van der Waals surface area contributed by atoms with Crippen LogP contribution in [0.5, 0.6) is 0 Å². The molecule has 1 rings (SSSR count). The predicted molar refractivity (Wildman–Crippen MR) is 73.5 cm³/mol. The van der Waals surface area contributed by atoms with E-state index in [9.17, 15) is 0 Å². The van der Waals surface area contributed by atoms with E-state index in [0.29, 0.717) is 5.92 Å². The molecule has 1 N–H and O–H groups in total. The Bertz CT molecular complexity index is 342. The topological polar surface area (TPSA) is 33.6 Å². The van der Waals surface area contributed by atoms with Gasteiger partial charge in [-0.15, -0.1) is 0 Å². The number of hydrogen-bond acceptors (Lipinski definition) is 3. The third kappa shape index (κ3) is 3.70. The van der Waals surface area contributed by atoms with Gasteiger partial charge in [-0.05, 0) is 36.8 Å². The molecule has 3 nitrogen and oxygen atoms in total. The molecule has 0 saturated heterocycles. The first-order valence-electron chi connectivity index (χ1n) is 6.17. The molecule has 0 bridgehead atoms. The summed E-state index contributed by atoms with van der Waals surface area (Å²) < 4.78 is 5.46. The first kappa shape index (κ1) is 14.0. The van der Waals surface area contributed by atoms with Crippen LogP contribution < -0.4 is 5.32 Å². The van der Waals surface area contributed by atoms with Crippen molar-refractivity contribution in [1.82, 2.24) is 5.32 Å². The van der Waals surface area contributed by atoms with Gasteiger partial charge < -0.3 is 10.1 Å². The summed E-state index contributed by atoms with van der Waals surface area (Å²) in [7, 11) is 5.50. The van der Waals surface area contributed by atoms with Gasteiger partial charge in [-0.1, -0.05) is 13.0 Å². The number of allylic oxidation sites excluding steroid dienone is 3. The highest BCUT2D eigenvalue weighted by molar-refractivity contribution is 5.80. The van der Waals surface area contributed by atoms with E-state index in [1.54, 1.807) is 14.2 Å². The Balaban J connectivity index is 3.01. The van der Waals surface area contributed by atoms with E-state index in [4.69, 9.17) is 4.74 Å². The number of ether oxygens (including phenoxy) is 1. The molecule has 17 heavy (non-hydrogen) atoms. The van der Waals surface area contributed by atoms with Crippen LogP contribution in [-0.4, -0.2) is 33.5 Å².